The van der Waals surface area contributed by atoms with Crippen molar-refractivity contribution in [2.45, 2.75) is 264 Å². The number of phosphoric ester groups is 1. The van der Waals surface area contributed by atoms with Crippen LogP contribution in [0, 0.1) is 0 Å². The van der Waals surface area contributed by atoms with Gasteiger partial charge in [0.25, 0.3) is 7.82 Å². The van der Waals surface area contributed by atoms with Crippen LogP contribution >= 0.6 is 7.82 Å². The van der Waals surface area contributed by atoms with Crippen LogP contribution in [-0.2, 0) is 32.7 Å². The fourth-order valence-corrected chi connectivity index (χ4v) is 9.70. The van der Waals surface area contributed by atoms with Gasteiger partial charge in [-0.25, -0.2) is 0 Å². The molecule has 0 amide bonds. The summed E-state index contributed by atoms with van der Waals surface area (Å²) in [5.74, 6) is -0.891. The van der Waals surface area contributed by atoms with Crippen molar-refractivity contribution < 1.29 is 42.1 Å². The van der Waals surface area contributed by atoms with Gasteiger partial charge < -0.3 is 27.9 Å². The molecule has 0 aliphatic heterocycles. The molecule has 0 aliphatic carbocycles. The molecule has 0 aromatic carbocycles. The number of likely N-dealkylation sites (N-methyl/N-ethyl adjacent to an activating group) is 1. The van der Waals surface area contributed by atoms with Crippen LogP contribution in [0.5, 0.6) is 0 Å². The molecule has 88 heavy (non-hydrogen) atoms. The van der Waals surface area contributed by atoms with Gasteiger partial charge in [-0.05, 0) is 128 Å². The van der Waals surface area contributed by atoms with Crippen LogP contribution < -0.4 is 4.89 Å². The molecule has 0 N–H and O–H groups in total. The number of rotatable bonds is 62. The van der Waals surface area contributed by atoms with Crippen LogP contribution in [0.4, 0.5) is 0 Å². The van der Waals surface area contributed by atoms with Crippen molar-refractivity contribution in [1.29, 1.82) is 0 Å². The second-order valence-electron chi connectivity index (χ2n) is 23.8. The summed E-state index contributed by atoms with van der Waals surface area (Å²) in [5, 5.41) is 0. The Hall–Kier alpha value is -4.63. The van der Waals surface area contributed by atoms with Crippen LogP contribution in [0.3, 0.4) is 0 Å². The summed E-state index contributed by atoms with van der Waals surface area (Å²) in [6.45, 7) is 3.95. The van der Waals surface area contributed by atoms with Gasteiger partial charge in [0, 0.05) is 12.8 Å². The standard InChI is InChI=1S/C78H128NO8P/c1-6-8-10-12-14-16-18-20-22-24-26-28-30-32-34-35-36-37-38-39-40-41-42-43-45-46-48-50-52-54-56-58-60-62-64-66-68-70-77(80)84-74-76(75-86-88(82,83)85-73-72-79(3,4)5)87-78(81)71-69-67-65-63-61-59-57-55-53-51-49-47-44-33-31-29-27-25-23-21-19-17-15-13-11-9-7-2/h8-11,14-17,20-23,26-29,32-34,36-37,44,49,51,55,57,61,63,76H,6-7,12-13,18-19,24-25,30-31,35,38-43,45-48,50,52-54,56,58-60,62,64-75H2,1-5H3/b10-8-,11-9-,16-14-,17-15-,22-20-,23-21-,28-26-,29-27-,34-32-,37-36-,44-33-,51-49-,57-55-,63-61-. The van der Waals surface area contributed by atoms with Crippen LogP contribution in [0.25, 0.3) is 0 Å². The first-order valence-corrected chi connectivity index (χ1v) is 36.3. The van der Waals surface area contributed by atoms with Gasteiger partial charge in [-0.15, -0.1) is 0 Å². The summed E-state index contributed by atoms with van der Waals surface area (Å²) in [6.07, 6.45) is 102. The zero-order valence-electron chi connectivity index (χ0n) is 56.6. The Kier molecular flexibility index (Phi) is 63.3. The normalized spacial score (nSPS) is 14.2. The lowest BCUT2D eigenvalue weighted by atomic mass is 10.0. The molecule has 9 nitrogen and oxygen atoms in total. The zero-order chi connectivity index (χ0) is 64.1. The van der Waals surface area contributed by atoms with Crippen molar-refractivity contribution in [2.24, 2.45) is 0 Å². The molecular weight excluding hydrogens is 1110 g/mol. The van der Waals surface area contributed by atoms with Crippen LogP contribution in [-0.4, -0.2) is 70.0 Å². The highest BCUT2D eigenvalue weighted by Gasteiger charge is 2.22. The number of hydrogen-bond acceptors (Lipinski definition) is 8. The van der Waals surface area contributed by atoms with Crippen molar-refractivity contribution in [3.05, 3.63) is 170 Å². The maximum atomic E-state index is 12.8. The maximum Gasteiger partial charge on any atom is 0.306 e. The largest absolute Gasteiger partial charge is 0.756 e. The molecule has 0 spiro atoms. The van der Waals surface area contributed by atoms with Crippen molar-refractivity contribution in [3.63, 3.8) is 0 Å². The van der Waals surface area contributed by atoms with Crippen LogP contribution in [0.1, 0.15) is 258 Å². The minimum Gasteiger partial charge on any atom is -0.756 e. The zero-order valence-corrected chi connectivity index (χ0v) is 57.5. The predicted molar refractivity (Wildman–Crippen MR) is 378 cm³/mol. The van der Waals surface area contributed by atoms with E-state index in [0.29, 0.717) is 17.4 Å². The number of hydrogen-bond donors (Lipinski definition) is 0. The molecule has 0 bridgehead atoms. The monoisotopic (exact) mass is 1240 g/mol. The molecule has 2 atom stereocenters. The molecule has 0 rings (SSSR count). The third-order valence-corrected chi connectivity index (χ3v) is 15.2. The summed E-state index contributed by atoms with van der Waals surface area (Å²) in [4.78, 5) is 38.0. The minimum absolute atomic E-state index is 0.0475. The Morgan fingerprint density at radius 2 is 0.614 bits per heavy atom. The molecular formula is C78H128NO8P. The smallest absolute Gasteiger partial charge is 0.306 e. The van der Waals surface area contributed by atoms with E-state index in [9.17, 15) is 19.0 Å². The average Bonchev–Trinajstić information content (AvgIpc) is 3.60. The number of unbranched alkanes of at least 4 members (excludes halogenated alkanes) is 20. The number of phosphoric acid groups is 1. The SMILES string of the molecule is CC/C=C\C/C=C\C/C=C\C/C=C\C/C=C\C/C=C\C/C=C\C/C=C\CCCCC(=O)OC(COC(=O)CCCCCCCCCCCCCCCCCCCC/C=C\C/C=C\C/C=C\C/C=C\C/C=C\C/C=C\CC)COP(=O)([O-])OCC[N+](C)(C)C. The average molecular weight is 1240 g/mol. The number of carbonyl (C=O) groups is 2. The summed E-state index contributed by atoms with van der Waals surface area (Å²) >= 11 is 0. The highest BCUT2D eigenvalue weighted by molar-refractivity contribution is 7.45. The maximum absolute atomic E-state index is 12.8. The number of carbonyl (C=O) groups excluding carboxylic acids is 2. The Balaban J connectivity index is 4.12. The molecule has 0 aromatic heterocycles. The third kappa shape index (κ3) is 70.5. The van der Waals surface area contributed by atoms with Gasteiger partial charge in [-0.3, -0.25) is 14.2 Å². The summed E-state index contributed by atoms with van der Waals surface area (Å²) in [6, 6.07) is 0. The van der Waals surface area contributed by atoms with Gasteiger partial charge in [-0.2, -0.15) is 0 Å². The van der Waals surface area contributed by atoms with Crippen molar-refractivity contribution in [1.82, 2.24) is 0 Å². The molecule has 0 saturated heterocycles. The van der Waals surface area contributed by atoms with Crippen LogP contribution in [0.2, 0.25) is 0 Å². The van der Waals surface area contributed by atoms with Gasteiger partial charge in [0.2, 0.25) is 0 Å². The number of ether oxygens (including phenoxy) is 2. The lowest BCUT2D eigenvalue weighted by Gasteiger charge is -2.28. The lowest BCUT2D eigenvalue weighted by molar-refractivity contribution is -0.870. The van der Waals surface area contributed by atoms with Gasteiger partial charge in [0.05, 0.1) is 27.7 Å². The fraction of sp³-hybridized carbons (Fsp3) is 0.615. The van der Waals surface area contributed by atoms with Gasteiger partial charge in [-0.1, -0.05) is 287 Å². The summed E-state index contributed by atoms with van der Waals surface area (Å²) < 4.78 is 34.2. The summed E-state index contributed by atoms with van der Waals surface area (Å²) in [7, 11) is 1.12. The van der Waals surface area contributed by atoms with Crippen LogP contribution in [0.15, 0.2) is 170 Å². The molecule has 0 saturated carbocycles. The first-order chi connectivity index (χ1) is 43.0. The summed E-state index contributed by atoms with van der Waals surface area (Å²) in [5.41, 5.74) is 0. The van der Waals surface area contributed by atoms with Crippen molar-refractivity contribution in [3.8, 4) is 0 Å². The third-order valence-electron chi connectivity index (χ3n) is 14.2. The van der Waals surface area contributed by atoms with E-state index in [1.165, 1.54) is 103 Å². The molecule has 0 aliphatic rings. The number of nitrogens with zero attached hydrogens (tertiary/aromatic N) is 1. The molecule has 2 unspecified atom stereocenters. The molecule has 0 fully saturated rings. The Morgan fingerprint density at radius 3 is 0.932 bits per heavy atom. The van der Waals surface area contributed by atoms with Crippen molar-refractivity contribution >= 4 is 19.8 Å². The molecule has 0 radical (unpaired) electrons. The first-order valence-electron chi connectivity index (χ1n) is 34.8. The number of esters is 2. The van der Waals surface area contributed by atoms with E-state index in [2.05, 4.69) is 184 Å². The minimum atomic E-state index is -4.67. The van der Waals surface area contributed by atoms with E-state index >= 15 is 0 Å². The highest BCUT2D eigenvalue weighted by Crippen LogP contribution is 2.38. The van der Waals surface area contributed by atoms with Crippen molar-refractivity contribution in [2.75, 3.05) is 47.5 Å². The van der Waals surface area contributed by atoms with E-state index in [1.54, 1.807) is 0 Å². The molecule has 0 heterocycles. The van der Waals surface area contributed by atoms with Gasteiger partial charge >= 0.3 is 11.9 Å². The molecule has 498 valence electrons. The Morgan fingerprint density at radius 1 is 0.352 bits per heavy atom. The second-order valence-corrected chi connectivity index (χ2v) is 25.2. The van der Waals surface area contributed by atoms with E-state index < -0.39 is 32.5 Å². The van der Waals surface area contributed by atoms with E-state index in [1.807, 2.05) is 21.1 Å². The van der Waals surface area contributed by atoms with E-state index in [-0.39, 0.29) is 26.1 Å². The molecule has 10 heteroatoms. The first kappa shape index (κ1) is 83.4. The number of quaternary nitrogens is 1. The lowest BCUT2D eigenvalue weighted by Crippen LogP contribution is -2.37. The Bertz CT molecular complexity index is 2090. The Labute approximate surface area is 540 Å². The van der Waals surface area contributed by atoms with E-state index in [0.717, 1.165) is 122 Å². The van der Waals surface area contributed by atoms with Gasteiger partial charge in [0.1, 0.15) is 19.8 Å². The quantitative estimate of drug-likeness (QED) is 0.0195. The fourth-order valence-electron chi connectivity index (χ4n) is 8.97. The van der Waals surface area contributed by atoms with Gasteiger partial charge in [0.15, 0.2) is 6.10 Å². The predicted octanol–water partition coefficient (Wildman–Crippen LogP) is 22.3. The van der Waals surface area contributed by atoms with E-state index in [4.69, 9.17) is 18.5 Å². The topological polar surface area (TPSA) is 111 Å². The second kappa shape index (κ2) is 66.8. The highest BCUT2D eigenvalue weighted by atomic mass is 31.2. The molecule has 0 aromatic rings. The number of allylic oxidation sites excluding steroid dienone is 28.